The summed E-state index contributed by atoms with van der Waals surface area (Å²) < 4.78 is 7.11. The summed E-state index contributed by atoms with van der Waals surface area (Å²) in [5, 5.41) is 14.9. The molecular formula is C14H16N6O2S2. The Bertz CT molecular complexity index is 826. The average molecular weight is 364 g/mol. The number of carbonyl (C=O) groups excluding carboxylic acids is 1. The smallest absolute Gasteiger partial charge is 0.239 e. The number of amides is 1. The molecule has 0 fully saturated rings. The van der Waals surface area contributed by atoms with E-state index in [9.17, 15) is 4.79 Å². The van der Waals surface area contributed by atoms with Crippen LogP contribution in [0.25, 0.3) is 10.7 Å². The van der Waals surface area contributed by atoms with Crippen LogP contribution >= 0.6 is 23.1 Å². The third-order valence-electron chi connectivity index (χ3n) is 3.21. The lowest BCUT2D eigenvalue weighted by molar-refractivity contribution is -0.118. The minimum atomic E-state index is -0.364. The van der Waals surface area contributed by atoms with E-state index < -0.39 is 0 Å². The highest BCUT2D eigenvalue weighted by Gasteiger charge is 2.21. The van der Waals surface area contributed by atoms with Gasteiger partial charge in [0.25, 0.3) is 0 Å². The molecule has 1 unspecified atom stereocenters. The quantitative estimate of drug-likeness (QED) is 0.641. The molecule has 0 saturated carbocycles. The second-order valence-electron chi connectivity index (χ2n) is 5.09. The molecule has 0 bridgehead atoms. The first-order valence-corrected chi connectivity index (χ1v) is 9.02. The third kappa shape index (κ3) is 3.65. The molecule has 126 valence electrons. The van der Waals surface area contributed by atoms with Gasteiger partial charge in [-0.3, -0.25) is 4.79 Å². The number of nitrogens with two attached hydrogens (primary N) is 1. The van der Waals surface area contributed by atoms with Crippen LogP contribution in [0.15, 0.2) is 27.2 Å². The van der Waals surface area contributed by atoms with E-state index in [2.05, 4.69) is 20.3 Å². The molecule has 8 nitrogen and oxygen atoms in total. The Kier molecular flexibility index (Phi) is 4.95. The zero-order valence-electron chi connectivity index (χ0n) is 13.2. The van der Waals surface area contributed by atoms with Crippen LogP contribution in [0.5, 0.6) is 0 Å². The summed E-state index contributed by atoms with van der Waals surface area (Å²) in [6, 6.07) is 3.92. The highest BCUT2D eigenvalue weighted by molar-refractivity contribution is 7.99. The van der Waals surface area contributed by atoms with Gasteiger partial charge in [-0.15, -0.1) is 21.5 Å². The number of thiophene rings is 1. The van der Waals surface area contributed by atoms with Crippen LogP contribution in [0.3, 0.4) is 0 Å². The summed E-state index contributed by atoms with van der Waals surface area (Å²) in [6.45, 7) is 4.15. The molecule has 3 aromatic rings. The van der Waals surface area contributed by atoms with E-state index >= 15 is 0 Å². The van der Waals surface area contributed by atoms with E-state index in [1.165, 1.54) is 11.8 Å². The number of rotatable bonds is 7. The SMILES string of the molecule is Cc1noc(C(C)Sc2nnc(-c3cccs3)n2CCC(N)=O)n1. The number of nitrogens with zero attached hydrogens (tertiary/aromatic N) is 5. The highest BCUT2D eigenvalue weighted by Crippen LogP contribution is 2.35. The fourth-order valence-electron chi connectivity index (χ4n) is 2.07. The van der Waals surface area contributed by atoms with Crippen LogP contribution in [0.1, 0.15) is 30.3 Å². The van der Waals surface area contributed by atoms with Gasteiger partial charge in [0, 0.05) is 13.0 Å². The van der Waals surface area contributed by atoms with Gasteiger partial charge in [0.05, 0.1) is 10.1 Å². The molecule has 1 atom stereocenters. The lowest BCUT2D eigenvalue weighted by Crippen LogP contribution is -2.15. The molecule has 0 radical (unpaired) electrons. The van der Waals surface area contributed by atoms with Gasteiger partial charge in [0.1, 0.15) is 0 Å². The van der Waals surface area contributed by atoms with Crippen molar-refractivity contribution in [2.24, 2.45) is 5.73 Å². The molecule has 10 heteroatoms. The summed E-state index contributed by atoms with van der Waals surface area (Å²) in [5.74, 6) is 1.48. The van der Waals surface area contributed by atoms with Gasteiger partial charge in [-0.05, 0) is 25.3 Å². The molecule has 0 spiro atoms. The number of carbonyl (C=O) groups is 1. The molecule has 0 aliphatic carbocycles. The van der Waals surface area contributed by atoms with Gasteiger partial charge in [-0.25, -0.2) is 0 Å². The van der Waals surface area contributed by atoms with Crippen LogP contribution < -0.4 is 5.73 Å². The van der Waals surface area contributed by atoms with E-state index in [4.69, 9.17) is 10.3 Å². The van der Waals surface area contributed by atoms with Crippen molar-refractivity contribution in [3.63, 3.8) is 0 Å². The summed E-state index contributed by atoms with van der Waals surface area (Å²) >= 11 is 3.02. The lowest BCUT2D eigenvalue weighted by Gasteiger charge is -2.10. The van der Waals surface area contributed by atoms with Crippen molar-refractivity contribution in [1.82, 2.24) is 24.9 Å². The predicted molar refractivity (Wildman–Crippen MR) is 90.5 cm³/mol. The van der Waals surface area contributed by atoms with Crippen molar-refractivity contribution in [3.05, 3.63) is 29.2 Å². The zero-order valence-corrected chi connectivity index (χ0v) is 14.8. The van der Waals surface area contributed by atoms with Crippen molar-refractivity contribution in [2.45, 2.75) is 37.2 Å². The van der Waals surface area contributed by atoms with Crippen molar-refractivity contribution < 1.29 is 9.32 Å². The molecule has 0 aliphatic heterocycles. The molecular weight excluding hydrogens is 348 g/mol. The van der Waals surface area contributed by atoms with Crippen molar-refractivity contribution in [2.75, 3.05) is 0 Å². The predicted octanol–water partition coefficient (Wildman–Crippen LogP) is 2.43. The van der Waals surface area contributed by atoms with Crippen molar-refractivity contribution in [1.29, 1.82) is 0 Å². The molecule has 3 rings (SSSR count). The van der Waals surface area contributed by atoms with Crippen molar-refractivity contribution >= 4 is 29.0 Å². The first-order valence-electron chi connectivity index (χ1n) is 7.27. The van der Waals surface area contributed by atoms with E-state index in [1.54, 1.807) is 18.3 Å². The molecule has 1 amide bonds. The zero-order chi connectivity index (χ0) is 17.1. The fraction of sp³-hybridized carbons (Fsp3) is 0.357. The number of aryl methyl sites for hydroxylation is 1. The fourth-order valence-corrected chi connectivity index (χ4v) is 3.70. The van der Waals surface area contributed by atoms with Gasteiger partial charge < -0.3 is 14.8 Å². The van der Waals surface area contributed by atoms with Crippen LogP contribution in [-0.4, -0.2) is 30.8 Å². The number of thioether (sulfide) groups is 1. The Morgan fingerprint density at radius 3 is 2.96 bits per heavy atom. The van der Waals surface area contributed by atoms with Gasteiger partial charge >= 0.3 is 0 Å². The summed E-state index contributed by atoms with van der Waals surface area (Å²) in [4.78, 5) is 16.4. The molecule has 0 saturated heterocycles. The van der Waals surface area contributed by atoms with Gasteiger partial charge in [0.2, 0.25) is 11.8 Å². The van der Waals surface area contributed by atoms with Crippen LogP contribution in [0.2, 0.25) is 0 Å². The van der Waals surface area contributed by atoms with E-state index in [1.807, 2.05) is 29.0 Å². The number of aromatic nitrogens is 5. The molecule has 3 aromatic heterocycles. The second kappa shape index (κ2) is 7.14. The largest absolute Gasteiger partial charge is 0.370 e. The molecule has 24 heavy (non-hydrogen) atoms. The van der Waals surface area contributed by atoms with Gasteiger partial charge in [0.15, 0.2) is 16.8 Å². The lowest BCUT2D eigenvalue weighted by atomic mass is 10.4. The van der Waals surface area contributed by atoms with Crippen LogP contribution in [-0.2, 0) is 11.3 Å². The van der Waals surface area contributed by atoms with Gasteiger partial charge in [-0.2, -0.15) is 4.98 Å². The maximum atomic E-state index is 11.2. The topological polar surface area (TPSA) is 113 Å². The molecule has 0 aromatic carbocycles. The Morgan fingerprint density at radius 2 is 2.33 bits per heavy atom. The summed E-state index contributed by atoms with van der Waals surface area (Å²) in [5.41, 5.74) is 5.29. The Balaban J connectivity index is 1.87. The average Bonchev–Trinajstić information content (AvgIpc) is 3.25. The number of primary amides is 1. The first-order chi connectivity index (χ1) is 11.5. The summed E-state index contributed by atoms with van der Waals surface area (Å²) in [6.07, 6.45) is 0.220. The van der Waals surface area contributed by atoms with Crippen LogP contribution in [0.4, 0.5) is 0 Å². The Hall–Kier alpha value is -2.20. The van der Waals surface area contributed by atoms with E-state index in [0.717, 1.165) is 10.7 Å². The number of hydrogen-bond acceptors (Lipinski definition) is 8. The molecule has 3 heterocycles. The van der Waals surface area contributed by atoms with Crippen LogP contribution in [0, 0.1) is 6.92 Å². The third-order valence-corrected chi connectivity index (χ3v) is 5.15. The second-order valence-corrected chi connectivity index (χ2v) is 7.35. The van der Waals surface area contributed by atoms with E-state index in [0.29, 0.717) is 23.4 Å². The normalized spacial score (nSPS) is 12.4. The minimum absolute atomic E-state index is 0.0843. The minimum Gasteiger partial charge on any atom is -0.370 e. The maximum absolute atomic E-state index is 11.2. The Labute approximate surface area is 146 Å². The monoisotopic (exact) mass is 364 g/mol. The van der Waals surface area contributed by atoms with Gasteiger partial charge in [-0.1, -0.05) is 23.0 Å². The van der Waals surface area contributed by atoms with Crippen molar-refractivity contribution in [3.8, 4) is 10.7 Å². The molecule has 2 N–H and O–H groups in total. The standard InChI is InChI=1S/C14H16N6O2S2/c1-8(13-16-9(2)19-22-13)24-14-18-17-12(10-4-3-7-23-10)20(14)6-5-11(15)21/h3-4,7-8H,5-6H2,1-2H3,(H2,15,21). The highest BCUT2D eigenvalue weighted by atomic mass is 32.2. The maximum Gasteiger partial charge on any atom is 0.239 e. The Morgan fingerprint density at radius 1 is 1.50 bits per heavy atom. The van der Waals surface area contributed by atoms with E-state index in [-0.39, 0.29) is 17.6 Å². The first kappa shape index (κ1) is 16.7. The summed E-state index contributed by atoms with van der Waals surface area (Å²) in [7, 11) is 0. The number of hydrogen-bond donors (Lipinski definition) is 1. The molecule has 0 aliphatic rings.